The van der Waals surface area contributed by atoms with Crippen LogP contribution in [0.15, 0.2) is 106 Å². The number of nitrogens with one attached hydrogen (secondary N) is 1. The fourth-order valence-electron chi connectivity index (χ4n) is 6.44. The second kappa shape index (κ2) is 13.5. The molecule has 0 spiro atoms. The van der Waals surface area contributed by atoms with Crippen LogP contribution in [0.4, 0.5) is 4.79 Å². The Morgan fingerprint density at radius 2 is 1.77 bits per heavy atom. The van der Waals surface area contributed by atoms with Crippen molar-refractivity contribution in [3.63, 3.8) is 0 Å². The largest absolute Gasteiger partial charge is 0.508 e. The Morgan fingerprint density at radius 1 is 0.958 bits per heavy atom. The summed E-state index contributed by atoms with van der Waals surface area (Å²) < 4.78 is 5.95. The summed E-state index contributed by atoms with van der Waals surface area (Å²) in [6.45, 7) is 0.520. The van der Waals surface area contributed by atoms with Crippen LogP contribution < -0.4 is 5.32 Å². The Bertz CT molecular complexity index is 1950. The highest BCUT2D eigenvalue weighted by Crippen LogP contribution is 2.31. The minimum absolute atomic E-state index is 0.0721. The minimum Gasteiger partial charge on any atom is -0.508 e. The molecule has 1 unspecified atom stereocenters. The quantitative estimate of drug-likeness (QED) is 0.242. The number of hydrogen-bond donors (Lipinski definition) is 2. The molecule has 0 bridgehead atoms. The maximum Gasteiger partial charge on any atom is 0.334 e. The third-order valence-corrected chi connectivity index (χ3v) is 9.03. The van der Waals surface area contributed by atoms with Gasteiger partial charge in [0.25, 0.3) is 0 Å². The number of halogens is 1. The number of pyridine rings is 1. The summed E-state index contributed by atoms with van der Waals surface area (Å²) >= 11 is 3.31. The number of rotatable bonds is 8. The Morgan fingerprint density at radius 3 is 2.54 bits per heavy atom. The molecule has 2 aliphatic heterocycles. The molecule has 2 N–H and O–H groups in total. The Hall–Kier alpha value is -5.27. The average molecular weight is 711 g/mol. The number of piperazine rings is 1. The highest BCUT2D eigenvalue weighted by molar-refractivity contribution is 9.10. The second-order valence-corrected chi connectivity index (χ2v) is 12.6. The number of phenols is 1. The molecule has 13 heteroatoms. The van der Waals surface area contributed by atoms with Crippen LogP contribution in [0.1, 0.15) is 22.5 Å². The van der Waals surface area contributed by atoms with Crippen LogP contribution in [0.25, 0.3) is 10.9 Å². The van der Waals surface area contributed by atoms with Gasteiger partial charge < -0.3 is 24.7 Å². The van der Waals surface area contributed by atoms with Crippen LogP contribution in [0.2, 0.25) is 0 Å². The third-order valence-electron chi connectivity index (χ3n) is 8.66. The van der Waals surface area contributed by atoms with Gasteiger partial charge in [-0.15, -0.1) is 0 Å². The number of hydrazine groups is 1. The molecule has 4 heterocycles. The number of nitrogens with zero attached hydrogens (tertiary/aromatic N) is 6. The predicted octanol–water partition coefficient (Wildman–Crippen LogP) is 4.44. The molecule has 7 rings (SSSR count). The van der Waals surface area contributed by atoms with E-state index < -0.39 is 18.2 Å². The van der Waals surface area contributed by atoms with Gasteiger partial charge in [0.15, 0.2) is 5.76 Å². The van der Waals surface area contributed by atoms with Gasteiger partial charge in [-0.1, -0.05) is 65.8 Å². The molecule has 5 aromatic rings. The van der Waals surface area contributed by atoms with Crippen molar-refractivity contribution in [1.82, 2.24) is 35.3 Å². The lowest BCUT2D eigenvalue weighted by Gasteiger charge is -2.55. The molecule has 3 aromatic carbocycles. The van der Waals surface area contributed by atoms with Crippen LogP contribution in [-0.2, 0) is 35.6 Å². The molecule has 2 saturated heterocycles. The highest BCUT2D eigenvalue weighted by atomic mass is 79.9. The molecule has 2 aliphatic rings. The molecule has 12 nitrogen and oxygen atoms in total. The SMILES string of the molecule is O=C1[C@H](Cc2ccc(O)cc2)N2C(=O)CN(Cc3cc(Br)no3)N(C(=O)NCc3ccccc3)C2CN1Cc1cccc2ncccc12. The van der Waals surface area contributed by atoms with E-state index in [4.69, 9.17) is 4.52 Å². The van der Waals surface area contributed by atoms with Crippen molar-refractivity contribution >= 4 is 44.7 Å². The van der Waals surface area contributed by atoms with E-state index in [0.717, 1.165) is 27.6 Å². The number of hydrogen-bond acceptors (Lipinski definition) is 8. The molecular formula is C35H32BrN7O5. The number of aromatic nitrogens is 2. The van der Waals surface area contributed by atoms with E-state index in [1.54, 1.807) is 51.3 Å². The maximum absolute atomic E-state index is 14.4. The van der Waals surface area contributed by atoms with Crippen molar-refractivity contribution in [2.45, 2.75) is 38.3 Å². The van der Waals surface area contributed by atoms with E-state index in [1.165, 1.54) is 5.01 Å². The molecule has 2 aromatic heterocycles. The first kappa shape index (κ1) is 31.3. The van der Waals surface area contributed by atoms with E-state index >= 15 is 0 Å². The van der Waals surface area contributed by atoms with E-state index in [9.17, 15) is 19.5 Å². The lowest BCUT2D eigenvalue weighted by molar-refractivity contribution is -0.193. The zero-order valence-electron chi connectivity index (χ0n) is 25.8. The monoisotopic (exact) mass is 709 g/mol. The number of benzene rings is 3. The predicted molar refractivity (Wildman–Crippen MR) is 179 cm³/mol. The van der Waals surface area contributed by atoms with Crippen LogP contribution in [0.3, 0.4) is 0 Å². The summed E-state index contributed by atoms with van der Waals surface area (Å²) in [5, 5.41) is 20.9. The average Bonchev–Trinajstić information content (AvgIpc) is 3.51. The first-order valence-electron chi connectivity index (χ1n) is 15.5. The van der Waals surface area contributed by atoms with Gasteiger partial charge >= 0.3 is 6.03 Å². The highest BCUT2D eigenvalue weighted by Gasteiger charge is 2.51. The summed E-state index contributed by atoms with van der Waals surface area (Å²) in [6, 6.07) is 26.1. The van der Waals surface area contributed by atoms with Gasteiger partial charge in [-0.3, -0.25) is 14.6 Å². The van der Waals surface area contributed by atoms with Gasteiger partial charge in [0.05, 0.1) is 25.2 Å². The normalized spacial score (nSPS) is 18.3. The van der Waals surface area contributed by atoms with Crippen molar-refractivity contribution in [3.8, 4) is 5.75 Å². The molecule has 2 atom stereocenters. The van der Waals surface area contributed by atoms with E-state index in [1.807, 2.05) is 60.7 Å². The zero-order valence-corrected chi connectivity index (χ0v) is 27.4. The summed E-state index contributed by atoms with van der Waals surface area (Å²) in [7, 11) is 0. The number of carbonyl (C=O) groups is 3. The van der Waals surface area contributed by atoms with Crippen molar-refractivity contribution in [2.24, 2.45) is 0 Å². The van der Waals surface area contributed by atoms with Gasteiger partial charge in [-0.2, -0.15) is 5.01 Å². The van der Waals surface area contributed by atoms with Gasteiger partial charge in [-0.05, 0) is 56.9 Å². The Labute approximate surface area is 284 Å². The van der Waals surface area contributed by atoms with Crippen LogP contribution in [-0.4, -0.2) is 78.2 Å². The van der Waals surface area contributed by atoms with Gasteiger partial charge in [-0.25, -0.2) is 9.80 Å². The first-order chi connectivity index (χ1) is 23.3. The molecule has 0 radical (unpaired) electrons. The summed E-state index contributed by atoms with van der Waals surface area (Å²) in [5.74, 6) is 0.0297. The van der Waals surface area contributed by atoms with Crippen molar-refractivity contribution in [3.05, 3.63) is 124 Å². The number of fused-ring (bicyclic) bond motifs is 2. The number of urea groups is 1. The number of phenolic OH excluding ortho intramolecular Hbond substituents is 1. The molecule has 0 aliphatic carbocycles. The second-order valence-electron chi connectivity index (χ2n) is 11.8. The molecule has 244 valence electrons. The molecule has 2 fully saturated rings. The summed E-state index contributed by atoms with van der Waals surface area (Å²) in [6.07, 6.45) is 1.09. The fraction of sp³-hybridized carbons (Fsp3) is 0.229. The molecule has 0 saturated carbocycles. The number of carbonyl (C=O) groups excluding carboxylic acids is 3. The standard InChI is InChI=1S/C35H32BrN7O5/c36-31-17-27(48-39-31)20-41-22-33(45)42-30(16-23-11-13-26(44)14-12-23)34(46)40(19-25-8-4-10-29-28(25)9-5-15-37-29)21-32(42)43(41)35(47)38-18-24-6-2-1-3-7-24/h1-15,17,30,32,44H,16,18-22H2,(H,38,47)/t30-,32?/m0/s1. The van der Waals surface area contributed by atoms with Gasteiger partial charge in [0.2, 0.25) is 11.8 Å². The van der Waals surface area contributed by atoms with E-state index in [-0.39, 0.29) is 56.7 Å². The topological polar surface area (TPSA) is 135 Å². The minimum atomic E-state index is -0.903. The van der Waals surface area contributed by atoms with Gasteiger partial charge in [0, 0.05) is 37.2 Å². The Balaban J connectivity index is 1.27. The van der Waals surface area contributed by atoms with Crippen molar-refractivity contribution in [2.75, 3.05) is 13.1 Å². The zero-order chi connectivity index (χ0) is 33.2. The van der Waals surface area contributed by atoms with Crippen LogP contribution in [0, 0.1) is 0 Å². The lowest BCUT2D eigenvalue weighted by Crippen LogP contribution is -2.76. The smallest absolute Gasteiger partial charge is 0.334 e. The third kappa shape index (κ3) is 6.46. The Kier molecular flexibility index (Phi) is 8.78. The van der Waals surface area contributed by atoms with Crippen LogP contribution >= 0.6 is 15.9 Å². The van der Waals surface area contributed by atoms with E-state index in [2.05, 4.69) is 31.4 Å². The summed E-state index contributed by atoms with van der Waals surface area (Å²) in [4.78, 5) is 50.4. The molecular weight excluding hydrogens is 678 g/mol. The number of aromatic hydroxyl groups is 1. The van der Waals surface area contributed by atoms with Gasteiger partial charge in [0.1, 0.15) is 22.6 Å². The van der Waals surface area contributed by atoms with Crippen molar-refractivity contribution in [1.29, 1.82) is 0 Å². The lowest BCUT2D eigenvalue weighted by atomic mass is 9.98. The number of amides is 4. The maximum atomic E-state index is 14.4. The summed E-state index contributed by atoms with van der Waals surface area (Å²) in [5.41, 5.74) is 3.39. The molecule has 48 heavy (non-hydrogen) atoms. The van der Waals surface area contributed by atoms with Crippen molar-refractivity contribution < 1.29 is 24.0 Å². The van der Waals surface area contributed by atoms with Crippen LogP contribution in [0.5, 0.6) is 5.75 Å². The molecule has 4 amide bonds. The fourth-order valence-corrected chi connectivity index (χ4v) is 6.76. The first-order valence-corrected chi connectivity index (χ1v) is 16.3. The van der Waals surface area contributed by atoms with E-state index in [0.29, 0.717) is 10.4 Å².